The third-order valence-corrected chi connectivity index (χ3v) is 5.17. The van der Waals surface area contributed by atoms with E-state index in [-0.39, 0.29) is 5.91 Å². The van der Waals surface area contributed by atoms with Gasteiger partial charge in [-0.25, -0.2) is 0 Å². The zero-order valence-electron chi connectivity index (χ0n) is 18.2. The van der Waals surface area contributed by atoms with Crippen molar-refractivity contribution in [3.05, 3.63) is 101 Å². The number of rotatable bonds is 7. The molecular weight excluding hydrogens is 404 g/mol. The van der Waals surface area contributed by atoms with E-state index in [0.29, 0.717) is 23.7 Å². The molecule has 0 aliphatic rings. The van der Waals surface area contributed by atoms with Crippen LogP contribution in [0.4, 0.5) is 5.69 Å². The fourth-order valence-electron chi connectivity index (χ4n) is 3.23. The summed E-state index contributed by atoms with van der Waals surface area (Å²) in [7, 11) is 1.75. The molecule has 6 heteroatoms. The second-order valence-corrected chi connectivity index (χ2v) is 7.39. The van der Waals surface area contributed by atoms with Gasteiger partial charge in [0.1, 0.15) is 29.6 Å². The van der Waals surface area contributed by atoms with Crippen LogP contribution < -0.4 is 14.4 Å². The summed E-state index contributed by atoms with van der Waals surface area (Å²) in [6.45, 7) is 4.11. The second kappa shape index (κ2) is 9.39. The third-order valence-electron chi connectivity index (χ3n) is 5.17. The Labute approximate surface area is 187 Å². The number of amides is 1. The predicted octanol–water partition coefficient (Wildman–Crippen LogP) is 5.94. The van der Waals surface area contributed by atoms with E-state index in [2.05, 4.69) is 5.16 Å². The predicted molar refractivity (Wildman–Crippen MR) is 122 cm³/mol. The lowest BCUT2D eigenvalue weighted by atomic mass is 10.1. The monoisotopic (exact) mass is 428 g/mol. The molecule has 0 unspecified atom stereocenters. The molecule has 4 rings (SSSR count). The van der Waals surface area contributed by atoms with Crippen LogP contribution in [0.1, 0.15) is 27.4 Å². The molecule has 3 aromatic carbocycles. The van der Waals surface area contributed by atoms with Crippen molar-refractivity contribution in [2.45, 2.75) is 20.5 Å². The van der Waals surface area contributed by atoms with Gasteiger partial charge >= 0.3 is 0 Å². The molecule has 0 aliphatic heterocycles. The molecule has 4 aromatic rings. The Morgan fingerprint density at radius 3 is 2.12 bits per heavy atom. The summed E-state index contributed by atoms with van der Waals surface area (Å²) >= 11 is 0. The molecule has 0 saturated heterocycles. The van der Waals surface area contributed by atoms with Gasteiger partial charge in [0.2, 0.25) is 0 Å². The fourth-order valence-corrected chi connectivity index (χ4v) is 3.23. The maximum absolute atomic E-state index is 12.9. The molecule has 0 fully saturated rings. The van der Waals surface area contributed by atoms with Crippen LogP contribution in [0.25, 0.3) is 0 Å². The number of ether oxygens (including phenoxy) is 2. The minimum Gasteiger partial charge on any atom is -0.489 e. The minimum absolute atomic E-state index is 0.112. The average Bonchev–Trinajstić information content (AvgIpc) is 3.15. The maximum atomic E-state index is 12.9. The molecule has 0 spiro atoms. The van der Waals surface area contributed by atoms with Crippen LogP contribution in [-0.2, 0) is 6.61 Å². The zero-order chi connectivity index (χ0) is 22.5. The summed E-state index contributed by atoms with van der Waals surface area (Å²) in [5.41, 5.74) is 3.09. The van der Waals surface area contributed by atoms with Gasteiger partial charge < -0.3 is 18.9 Å². The van der Waals surface area contributed by atoms with E-state index in [1.807, 2.05) is 68.4 Å². The normalized spacial score (nSPS) is 10.6. The summed E-state index contributed by atoms with van der Waals surface area (Å²) in [6.07, 6.45) is 0. The number of nitrogens with zero attached hydrogens (tertiary/aromatic N) is 2. The third kappa shape index (κ3) is 4.81. The number of benzene rings is 3. The number of hydrogen-bond acceptors (Lipinski definition) is 5. The number of hydrogen-bond donors (Lipinski definition) is 0. The Morgan fingerprint density at radius 2 is 1.50 bits per heavy atom. The van der Waals surface area contributed by atoms with Crippen molar-refractivity contribution in [2.75, 3.05) is 11.9 Å². The lowest BCUT2D eigenvalue weighted by molar-refractivity contribution is 0.0993. The molecular formula is C26H24N2O4. The highest BCUT2D eigenvalue weighted by molar-refractivity contribution is 6.05. The van der Waals surface area contributed by atoms with E-state index in [1.54, 1.807) is 36.2 Å². The van der Waals surface area contributed by atoms with Gasteiger partial charge in [-0.05, 0) is 74.5 Å². The van der Waals surface area contributed by atoms with Crippen molar-refractivity contribution in [1.29, 1.82) is 0 Å². The number of anilines is 1. The molecule has 0 saturated carbocycles. The Bertz CT molecular complexity index is 1160. The van der Waals surface area contributed by atoms with E-state index >= 15 is 0 Å². The van der Waals surface area contributed by atoms with Crippen molar-refractivity contribution in [1.82, 2.24) is 5.16 Å². The molecule has 0 atom stereocenters. The molecule has 6 nitrogen and oxygen atoms in total. The van der Waals surface area contributed by atoms with E-state index in [4.69, 9.17) is 14.0 Å². The molecule has 1 amide bonds. The number of carbonyl (C=O) groups is 1. The molecule has 0 aliphatic carbocycles. The van der Waals surface area contributed by atoms with Crippen LogP contribution in [0.3, 0.4) is 0 Å². The largest absolute Gasteiger partial charge is 0.489 e. The van der Waals surface area contributed by atoms with Crippen LogP contribution >= 0.6 is 0 Å². The average molecular weight is 428 g/mol. The summed E-state index contributed by atoms with van der Waals surface area (Å²) in [6, 6.07) is 24.1. The first-order chi connectivity index (χ1) is 15.5. The van der Waals surface area contributed by atoms with E-state index in [9.17, 15) is 4.79 Å². The van der Waals surface area contributed by atoms with Gasteiger partial charge in [0.15, 0.2) is 0 Å². The van der Waals surface area contributed by atoms with Crippen LogP contribution in [0.2, 0.25) is 0 Å². The van der Waals surface area contributed by atoms with Gasteiger partial charge in [-0.2, -0.15) is 0 Å². The molecule has 1 heterocycles. The van der Waals surface area contributed by atoms with Crippen molar-refractivity contribution >= 4 is 11.6 Å². The Balaban J connectivity index is 1.38. The molecule has 0 N–H and O–H groups in total. The molecule has 32 heavy (non-hydrogen) atoms. The summed E-state index contributed by atoms with van der Waals surface area (Å²) < 4.78 is 16.8. The topological polar surface area (TPSA) is 64.8 Å². The molecule has 1 aromatic heterocycles. The lowest BCUT2D eigenvalue weighted by Crippen LogP contribution is -2.26. The summed E-state index contributed by atoms with van der Waals surface area (Å²) in [5, 5.41) is 3.93. The molecule has 162 valence electrons. The van der Waals surface area contributed by atoms with Crippen LogP contribution in [-0.4, -0.2) is 18.1 Å². The summed E-state index contributed by atoms with van der Waals surface area (Å²) in [4.78, 5) is 14.5. The van der Waals surface area contributed by atoms with E-state index in [1.165, 1.54) is 0 Å². The fraction of sp³-hybridized carbons (Fsp3) is 0.154. The van der Waals surface area contributed by atoms with Gasteiger partial charge in [-0.1, -0.05) is 23.4 Å². The number of carbonyl (C=O) groups excluding carboxylic acids is 1. The Hall–Kier alpha value is -4.06. The van der Waals surface area contributed by atoms with Crippen LogP contribution in [0.5, 0.6) is 17.2 Å². The number of aryl methyl sites for hydroxylation is 2. The Morgan fingerprint density at radius 1 is 0.875 bits per heavy atom. The summed E-state index contributed by atoms with van der Waals surface area (Å²) in [5.74, 6) is 2.78. The maximum Gasteiger partial charge on any atom is 0.258 e. The van der Waals surface area contributed by atoms with E-state index < -0.39 is 0 Å². The van der Waals surface area contributed by atoms with Gasteiger partial charge in [0.05, 0.1) is 11.3 Å². The minimum atomic E-state index is -0.112. The highest BCUT2D eigenvalue weighted by Gasteiger charge is 2.14. The molecule has 0 radical (unpaired) electrons. The van der Waals surface area contributed by atoms with Gasteiger partial charge in [0, 0.05) is 18.3 Å². The van der Waals surface area contributed by atoms with Gasteiger partial charge in [0.25, 0.3) is 5.91 Å². The first kappa shape index (κ1) is 21.2. The quantitative estimate of drug-likeness (QED) is 0.364. The number of aromatic nitrogens is 1. The lowest BCUT2D eigenvalue weighted by Gasteiger charge is -2.18. The van der Waals surface area contributed by atoms with Gasteiger partial charge in [-0.3, -0.25) is 4.79 Å². The molecule has 0 bridgehead atoms. The first-order valence-corrected chi connectivity index (χ1v) is 10.3. The van der Waals surface area contributed by atoms with Gasteiger partial charge in [-0.15, -0.1) is 0 Å². The smallest absolute Gasteiger partial charge is 0.258 e. The van der Waals surface area contributed by atoms with Crippen molar-refractivity contribution < 1.29 is 18.8 Å². The van der Waals surface area contributed by atoms with Crippen molar-refractivity contribution in [2.24, 2.45) is 0 Å². The van der Waals surface area contributed by atoms with Crippen molar-refractivity contribution in [3.63, 3.8) is 0 Å². The highest BCUT2D eigenvalue weighted by Crippen LogP contribution is 2.25. The highest BCUT2D eigenvalue weighted by atomic mass is 16.5. The van der Waals surface area contributed by atoms with Crippen LogP contribution in [0.15, 0.2) is 83.4 Å². The zero-order valence-corrected chi connectivity index (χ0v) is 18.2. The van der Waals surface area contributed by atoms with Crippen molar-refractivity contribution in [3.8, 4) is 17.2 Å². The van der Waals surface area contributed by atoms with E-state index in [0.717, 1.165) is 28.5 Å². The second-order valence-electron chi connectivity index (χ2n) is 7.39. The first-order valence-electron chi connectivity index (χ1n) is 10.3. The SMILES string of the molecule is Cc1noc(C)c1COc1ccc(C(=O)N(C)c2ccc(Oc3ccccc3)cc2)cc1. The van der Waals surface area contributed by atoms with Crippen LogP contribution in [0, 0.1) is 13.8 Å². The standard InChI is InChI=1S/C26H24N2O4/c1-18-25(19(2)32-27-18)17-30-22-13-9-20(10-14-22)26(29)28(3)21-11-15-24(16-12-21)31-23-7-5-4-6-8-23/h4-16H,17H2,1-3H3. The Kier molecular flexibility index (Phi) is 6.22. The number of para-hydroxylation sites is 1.